The maximum atomic E-state index is 4.10. The smallest absolute Gasteiger partial charge is 0.127 e. The van der Waals surface area contributed by atoms with Crippen LogP contribution in [0, 0.1) is 6.92 Å². The molecule has 0 bridgehead atoms. The third-order valence-corrected chi connectivity index (χ3v) is 3.01. The van der Waals surface area contributed by atoms with Crippen LogP contribution in [0.3, 0.4) is 0 Å². The first-order valence-electron chi connectivity index (χ1n) is 6.70. The lowest BCUT2D eigenvalue weighted by molar-refractivity contribution is 1.07. The van der Waals surface area contributed by atoms with Gasteiger partial charge in [0.25, 0.3) is 0 Å². The van der Waals surface area contributed by atoms with Crippen LogP contribution in [0.1, 0.15) is 5.56 Å². The van der Waals surface area contributed by atoms with Gasteiger partial charge < -0.3 is 4.90 Å². The van der Waals surface area contributed by atoms with E-state index in [9.17, 15) is 0 Å². The number of aryl methyl sites for hydroxylation is 1. The van der Waals surface area contributed by atoms with E-state index in [2.05, 4.69) is 54.4 Å². The van der Waals surface area contributed by atoms with Crippen molar-refractivity contribution < 1.29 is 0 Å². The van der Waals surface area contributed by atoms with Gasteiger partial charge in [0.2, 0.25) is 0 Å². The summed E-state index contributed by atoms with van der Waals surface area (Å²) in [5.41, 5.74) is 1.32. The molecule has 0 aliphatic rings. The Morgan fingerprint density at radius 1 is 0.800 bits per heavy atom. The lowest BCUT2D eigenvalue weighted by Crippen LogP contribution is -2.09. The highest BCUT2D eigenvalue weighted by atomic mass is 15.1. The molecule has 0 saturated heterocycles. The number of hydrogen-bond acceptors (Lipinski definition) is 2. The predicted molar refractivity (Wildman–Crippen MR) is 87.2 cm³/mol. The summed E-state index contributed by atoms with van der Waals surface area (Å²) in [6.07, 6.45) is 1.79. The summed E-state index contributed by atoms with van der Waals surface area (Å²) in [7, 11) is 3.95. The van der Waals surface area contributed by atoms with Crippen molar-refractivity contribution in [1.29, 1.82) is 0 Å². The number of aromatic nitrogens is 1. The lowest BCUT2D eigenvalue weighted by Gasteiger charge is -2.08. The SMILES string of the molecule is CN(C)c1ccccn1.Cc1ccc2ccccc2c1. The number of nitrogens with zero attached hydrogens (tertiary/aromatic N) is 2. The second kappa shape index (κ2) is 6.71. The van der Waals surface area contributed by atoms with Crippen molar-refractivity contribution in [2.45, 2.75) is 6.92 Å². The standard InChI is InChI=1S/C11H10.C7H10N2/c1-9-6-7-10-4-2-3-5-11(10)8-9;1-9(2)7-5-3-4-6-8-7/h2-8H,1H3;3-6H,1-2H3. The number of hydrogen-bond donors (Lipinski definition) is 0. The normalized spacial score (nSPS) is 9.75. The average molecular weight is 264 g/mol. The van der Waals surface area contributed by atoms with Crippen molar-refractivity contribution >= 4 is 16.6 Å². The van der Waals surface area contributed by atoms with Gasteiger partial charge in [-0.15, -0.1) is 0 Å². The molecule has 0 aliphatic heterocycles. The maximum absolute atomic E-state index is 4.10. The van der Waals surface area contributed by atoms with Gasteiger partial charge in [0.15, 0.2) is 0 Å². The average Bonchev–Trinajstić information content (AvgIpc) is 2.48. The van der Waals surface area contributed by atoms with E-state index in [1.54, 1.807) is 6.20 Å². The highest BCUT2D eigenvalue weighted by Crippen LogP contribution is 2.14. The van der Waals surface area contributed by atoms with Crippen molar-refractivity contribution in [2.24, 2.45) is 0 Å². The predicted octanol–water partition coefficient (Wildman–Crippen LogP) is 4.30. The molecular weight excluding hydrogens is 244 g/mol. The van der Waals surface area contributed by atoms with Crippen LogP contribution < -0.4 is 4.90 Å². The first kappa shape index (κ1) is 14.1. The van der Waals surface area contributed by atoms with Gasteiger partial charge >= 0.3 is 0 Å². The van der Waals surface area contributed by atoms with Crippen LogP contribution >= 0.6 is 0 Å². The highest BCUT2D eigenvalue weighted by Gasteiger charge is 1.90. The van der Waals surface area contributed by atoms with E-state index >= 15 is 0 Å². The van der Waals surface area contributed by atoms with Crippen LogP contribution in [0.25, 0.3) is 10.8 Å². The minimum atomic E-state index is 0.998. The van der Waals surface area contributed by atoms with Gasteiger partial charge in [-0.2, -0.15) is 0 Å². The molecule has 2 nitrogen and oxygen atoms in total. The van der Waals surface area contributed by atoms with Gasteiger partial charge in [0, 0.05) is 20.3 Å². The molecule has 2 heteroatoms. The van der Waals surface area contributed by atoms with Crippen LogP contribution in [0.5, 0.6) is 0 Å². The Morgan fingerprint density at radius 2 is 1.50 bits per heavy atom. The van der Waals surface area contributed by atoms with E-state index in [1.807, 2.05) is 37.2 Å². The van der Waals surface area contributed by atoms with E-state index in [1.165, 1.54) is 16.3 Å². The van der Waals surface area contributed by atoms with Crippen molar-refractivity contribution in [3.8, 4) is 0 Å². The van der Waals surface area contributed by atoms with Crippen molar-refractivity contribution in [3.05, 3.63) is 72.4 Å². The third kappa shape index (κ3) is 3.82. The molecule has 0 fully saturated rings. The lowest BCUT2D eigenvalue weighted by atomic mass is 10.1. The molecular formula is C18H20N2. The summed E-state index contributed by atoms with van der Waals surface area (Å²) in [6, 6.07) is 20.8. The summed E-state index contributed by atoms with van der Waals surface area (Å²) in [5.74, 6) is 0.998. The monoisotopic (exact) mass is 264 g/mol. The minimum absolute atomic E-state index is 0.998. The zero-order chi connectivity index (χ0) is 14.4. The van der Waals surface area contributed by atoms with Gasteiger partial charge in [-0.05, 0) is 29.8 Å². The molecule has 0 aliphatic carbocycles. The van der Waals surface area contributed by atoms with E-state index < -0.39 is 0 Å². The van der Waals surface area contributed by atoms with Gasteiger partial charge in [-0.3, -0.25) is 0 Å². The number of anilines is 1. The van der Waals surface area contributed by atoms with E-state index in [0.717, 1.165) is 5.82 Å². The largest absolute Gasteiger partial charge is 0.363 e. The quantitative estimate of drug-likeness (QED) is 0.651. The summed E-state index contributed by atoms with van der Waals surface area (Å²) < 4.78 is 0. The van der Waals surface area contributed by atoms with Gasteiger partial charge in [0.1, 0.15) is 5.82 Å². The summed E-state index contributed by atoms with van der Waals surface area (Å²) in [6.45, 7) is 2.12. The second-order valence-electron chi connectivity index (χ2n) is 4.93. The Hall–Kier alpha value is -2.35. The zero-order valence-electron chi connectivity index (χ0n) is 12.2. The van der Waals surface area contributed by atoms with Crippen LogP contribution in [0.4, 0.5) is 5.82 Å². The topological polar surface area (TPSA) is 16.1 Å². The Morgan fingerprint density at radius 3 is 2.10 bits per heavy atom. The molecule has 102 valence electrons. The minimum Gasteiger partial charge on any atom is -0.363 e. The molecule has 1 heterocycles. The fourth-order valence-electron chi connectivity index (χ4n) is 1.93. The van der Waals surface area contributed by atoms with Crippen LogP contribution in [-0.2, 0) is 0 Å². The molecule has 3 rings (SSSR count). The number of pyridine rings is 1. The van der Waals surface area contributed by atoms with E-state index in [-0.39, 0.29) is 0 Å². The fraction of sp³-hybridized carbons (Fsp3) is 0.167. The van der Waals surface area contributed by atoms with Crippen molar-refractivity contribution in [2.75, 3.05) is 19.0 Å². The second-order valence-corrected chi connectivity index (χ2v) is 4.93. The van der Waals surface area contributed by atoms with Crippen molar-refractivity contribution in [1.82, 2.24) is 4.98 Å². The molecule has 0 saturated carbocycles. The summed E-state index contributed by atoms with van der Waals surface area (Å²) in [5, 5.41) is 2.64. The molecule has 1 aromatic heterocycles. The van der Waals surface area contributed by atoms with Gasteiger partial charge in [-0.1, -0.05) is 54.1 Å². The number of rotatable bonds is 1. The molecule has 0 unspecified atom stereocenters. The Balaban J connectivity index is 0.000000151. The Bertz CT molecular complexity index is 660. The van der Waals surface area contributed by atoms with Gasteiger partial charge in [0.05, 0.1) is 0 Å². The molecule has 2 aromatic carbocycles. The zero-order valence-corrected chi connectivity index (χ0v) is 12.2. The molecule has 0 radical (unpaired) electrons. The fourth-order valence-corrected chi connectivity index (χ4v) is 1.93. The van der Waals surface area contributed by atoms with E-state index in [4.69, 9.17) is 0 Å². The Labute approximate surface area is 120 Å². The van der Waals surface area contributed by atoms with Crippen molar-refractivity contribution in [3.63, 3.8) is 0 Å². The first-order chi connectivity index (χ1) is 9.66. The molecule has 0 N–H and O–H groups in total. The van der Waals surface area contributed by atoms with Crippen LogP contribution in [0.15, 0.2) is 66.9 Å². The molecule has 0 atom stereocenters. The number of benzene rings is 2. The van der Waals surface area contributed by atoms with Crippen LogP contribution in [0.2, 0.25) is 0 Å². The van der Waals surface area contributed by atoms with E-state index in [0.29, 0.717) is 0 Å². The summed E-state index contributed by atoms with van der Waals surface area (Å²) in [4.78, 5) is 6.08. The number of fused-ring (bicyclic) bond motifs is 1. The summed E-state index contributed by atoms with van der Waals surface area (Å²) >= 11 is 0. The maximum Gasteiger partial charge on any atom is 0.127 e. The van der Waals surface area contributed by atoms with Gasteiger partial charge in [-0.25, -0.2) is 4.98 Å². The van der Waals surface area contributed by atoms with Crippen LogP contribution in [-0.4, -0.2) is 19.1 Å². The Kier molecular flexibility index (Phi) is 4.72. The molecule has 0 amide bonds. The molecule has 3 aromatic rings. The molecule has 0 spiro atoms. The molecule has 20 heavy (non-hydrogen) atoms. The first-order valence-corrected chi connectivity index (χ1v) is 6.70. The third-order valence-electron chi connectivity index (χ3n) is 3.01. The highest BCUT2D eigenvalue weighted by molar-refractivity contribution is 5.82.